The van der Waals surface area contributed by atoms with E-state index in [1.165, 1.54) is 44.1 Å². The summed E-state index contributed by atoms with van der Waals surface area (Å²) in [4.78, 5) is 4.59. The lowest BCUT2D eigenvalue weighted by Crippen LogP contribution is -2.13. The molecule has 1 heterocycles. The minimum atomic E-state index is -0.154. The molecule has 140 valence electrons. The minimum Gasteiger partial charge on any atom is -0.256 e. The lowest BCUT2D eigenvalue weighted by atomic mass is 9.77. The van der Waals surface area contributed by atoms with Crippen LogP contribution in [0.25, 0.3) is 11.3 Å². The standard InChI is InChI=1S/C24H32FN/c1-3-5-7-19-10-14-22(23(25)16-19)24-15-13-21(17-26-24)20-11-8-18(6-4-2)9-12-20/h10,13-18,20H,3-9,11-12H2,1-2H3. The van der Waals surface area contributed by atoms with Crippen LogP contribution in [0.15, 0.2) is 36.5 Å². The van der Waals surface area contributed by atoms with Crippen LogP contribution >= 0.6 is 0 Å². The van der Waals surface area contributed by atoms with E-state index in [0.717, 1.165) is 36.4 Å². The highest BCUT2D eigenvalue weighted by Gasteiger charge is 2.22. The number of hydrogen-bond donors (Lipinski definition) is 0. The molecule has 0 unspecified atom stereocenters. The third-order valence-corrected chi connectivity index (χ3v) is 5.93. The van der Waals surface area contributed by atoms with Crippen molar-refractivity contribution in [2.45, 2.75) is 77.6 Å². The normalized spacial score (nSPS) is 20.3. The van der Waals surface area contributed by atoms with Gasteiger partial charge < -0.3 is 0 Å². The lowest BCUT2D eigenvalue weighted by molar-refractivity contribution is 0.308. The molecule has 0 N–H and O–H groups in total. The largest absolute Gasteiger partial charge is 0.256 e. The smallest absolute Gasteiger partial charge is 0.132 e. The van der Waals surface area contributed by atoms with Crippen LogP contribution in [0, 0.1) is 11.7 Å². The van der Waals surface area contributed by atoms with Gasteiger partial charge in [-0.25, -0.2) is 4.39 Å². The Hall–Kier alpha value is -1.70. The fourth-order valence-electron chi connectivity index (χ4n) is 4.30. The molecule has 2 heteroatoms. The summed E-state index contributed by atoms with van der Waals surface area (Å²) < 4.78 is 14.5. The van der Waals surface area contributed by atoms with Crippen LogP contribution < -0.4 is 0 Å². The molecular weight excluding hydrogens is 321 g/mol. The topological polar surface area (TPSA) is 12.9 Å². The van der Waals surface area contributed by atoms with E-state index in [2.05, 4.69) is 24.9 Å². The number of nitrogens with zero attached hydrogens (tertiary/aromatic N) is 1. The summed E-state index contributed by atoms with van der Waals surface area (Å²) >= 11 is 0. The Labute approximate surface area is 158 Å². The molecule has 0 bridgehead atoms. The first kappa shape index (κ1) is 19.1. The van der Waals surface area contributed by atoms with E-state index in [4.69, 9.17) is 0 Å². The first-order valence-corrected chi connectivity index (χ1v) is 10.5. The van der Waals surface area contributed by atoms with E-state index in [9.17, 15) is 4.39 Å². The van der Waals surface area contributed by atoms with Gasteiger partial charge in [-0.3, -0.25) is 4.98 Å². The highest BCUT2D eigenvalue weighted by molar-refractivity contribution is 5.60. The summed E-state index contributed by atoms with van der Waals surface area (Å²) in [7, 11) is 0. The Bertz CT molecular complexity index is 684. The molecule has 0 aliphatic heterocycles. The highest BCUT2D eigenvalue weighted by atomic mass is 19.1. The van der Waals surface area contributed by atoms with Gasteiger partial charge in [-0.15, -0.1) is 0 Å². The van der Waals surface area contributed by atoms with E-state index in [0.29, 0.717) is 11.5 Å². The Morgan fingerprint density at radius 1 is 1.00 bits per heavy atom. The molecule has 0 saturated heterocycles. The average Bonchev–Trinajstić information content (AvgIpc) is 2.68. The van der Waals surface area contributed by atoms with Gasteiger partial charge in [-0.2, -0.15) is 0 Å². The van der Waals surface area contributed by atoms with Crippen molar-refractivity contribution < 1.29 is 4.39 Å². The summed E-state index contributed by atoms with van der Waals surface area (Å²) in [5, 5.41) is 0. The second kappa shape index (κ2) is 9.30. The predicted molar refractivity (Wildman–Crippen MR) is 108 cm³/mol. The second-order valence-electron chi connectivity index (χ2n) is 7.90. The monoisotopic (exact) mass is 353 g/mol. The van der Waals surface area contributed by atoms with E-state index >= 15 is 0 Å². The molecule has 1 aliphatic rings. The quantitative estimate of drug-likeness (QED) is 0.508. The first-order valence-electron chi connectivity index (χ1n) is 10.5. The van der Waals surface area contributed by atoms with E-state index in [-0.39, 0.29) is 5.82 Å². The van der Waals surface area contributed by atoms with Crippen LogP contribution in [0.1, 0.15) is 82.3 Å². The Balaban J connectivity index is 1.66. The number of rotatable bonds is 7. The molecule has 0 amide bonds. The zero-order chi connectivity index (χ0) is 18.4. The third-order valence-electron chi connectivity index (χ3n) is 5.93. The molecule has 26 heavy (non-hydrogen) atoms. The molecule has 1 fully saturated rings. The molecule has 0 atom stereocenters. The van der Waals surface area contributed by atoms with Gasteiger partial charge in [-0.1, -0.05) is 45.2 Å². The highest BCUT2D eigenvalue weighted by Crippen LogP contribution is 2.37. The number of unbranched alkanes of at least 4 members (excludes halogenated alkanes) is 1. The molecule has 1 saturated carbocycles. The van der Waals surface area contributed by atoms with Crippen molar-refractivity contribution in [3.63, 3.8) is 0 Å². The number of aromatic nitrogens is 1. The lowest BCUT2D eigenvalue weighted by Gasteiger charge is -2.28. The summed E-state index contributed by atoms with van der Waals surface area (Å²) in [6.45, 7) is 4.44. The van der Waals surface area contributed by atoms with Gasteiger partial charge in [-0.05, 0) is 79.7 Å². The predicted octanol–water partition coefficient (Wildman–Crippen LogP) is 7.30. The second-order valence-corrected chi connectivity index (χ2v) is 7.90. The average molecular weight is 354 g/mol. The molecule has 1 aliphatic carbocycles. The number of benzene rings is 1. The summed E-state index contributed by atoms with van der Waals surface area (Å²) in [6.07, 6.45) is 13.1. The van der Waals surface area contributed by atoms with Crippen molar-refractivity contribution in [1.29, 1.82) is 0 Å². The molecular formula is C24H32FN. The summed E-state index contributed by atoms with van der Waals surface area (Å²) in [5.74, 6) is 1.40. The summed E-state index contributed by atoms with van der Waals surface area (Å²) in [6, 6.07) is 9.77. The SMILES string of the molecule is CCCCc1ccc(-c2ccc(C3CCC(CCC)CC3)cn2)c(F)c1. The maximum atomic E-state index is 14.5. The van der Waals surface area contributed by atoms with E-state index in [1.807, 2.05) is 24.4 Å². The minimum absolute atomic E-state index is 0.154. The van der Waals surface area contributed by atoms with Crippen molar-refractivity contribution in [3.8, 4) is 11.3 Å². The van der Waals surface area contributed by atoms with Crippen LogP contribution in [0.3, 0.4) is 0 Å². The number of hydrogen-bond acceptors (Lipinski definition) is 1. The molecule has 0 spiro atoms. The molecule has 3 rings (SSSR count). The van der Waals surface area contributed by atoms with Crippen molar-refractivity contribution in [3.05, 3.63) is 53.5 Å². The van der Waals surface area contributed by atoms with Gasteiger partial charge in [0.15, 0.2) is 0 Å². The Kier molecular flexibility index (Phi) is 6.82. The molecule has 2 aromatic rings. The van der Waals surface area contributed by atoms with Crippen LogP contribution in [0.2, 0.25) is 0 Å². The fraction of sp³-hybridized carbons (Fsp3) is 0.542. The van der Waals surface area contributed by atoms with E-state index in [1.54, 1.807) is 6.07 Å². The van der Waals surface area contributed by atoms with Crippen LogP contribution in [0.4, 0.5) is 4.39 Å². The third kappa shape index (κ3) is 4.72. The Morgan fingerprint density at radius 2 is 1.81 bits per heavy atom. The zero-order valence-electron chi connectivity index (χ0n) is 16.3. The molecule has 0 radical (unpaired) electrons. The summed E-state index contributed by atoms with van der Waals surface area (Å²) in [5.41, 5.74) is 3.76. The number of aryl methyl sites for hydroxylation is 1. The van der Waals surface area contributed by atoms with Crippen LogP contribution in [0.5, 0.6) is 0 Å². The number of pyridine rings is 1. The van der Waals surface area contributed by atoms with Gasteiger partial charge in [0.05, 0.1) is 5.69 Å². The Morgan fingerprint density at radius 3 is 2.42 bits per heavy atom. The van der Waals surface area contributed by atoms with Gasteiger partial charge in [0, 0.05) is 11.8 Å². The first-order chi connectivity index (χ1) is 12.7. The maximum absolute atomic E-state index is 14.5. The van der Waals surface area contributed by atoms with Crippen molar-refractivity contribution in [2.75, 3.05) is 0 Å². The van der Waals surface area contributed by atoms with Gasteiger partial charge in [0.1, 0.15) is 5.82 Å². The van der Waals surface area contributed by atoms with E-state index < -0.39 is 0 Å². The van der Waals surface area contributed by atoms with Crippen LogP contribution in [-0.2, 0) is 6.42 Å². The van der Waals surface area contributed by atoms with Gasteiger partial charge in [0.25, 0.3) is 0 Å². The maximum Gasteiger partial charge on any atom is 0.132 e. The number of halogens is 1. The van der Waals surface area contributed by atoms with Gasteiger partial charge >= 0.3 is 0 Å². The van der Waals surface area contributed by atoms with Crippen molar-refractivity contribution in [2.24, 2.45) is 5.92 Å². The zero-order valence-corrected chi connectivity index (χ0v) is 16.3. The fourth-order valence-corrected chi connectivity index (χ4v) is 4.30. The molecule has 1 aromatic carbocycles. The van der Waals surface area contributed by atoms with Crippen molar-refractivity contribution in [1.82, 2.24) is 4.98 Å². The van der Waals surface area contributed by atoms with Gasteiger partial charge in [0.2, 0.25) is 0 Å². The van der Waals surface area contributed by atoms with Crippen molar-refractivity contribution >= 4 is 0 Å². The molecule has 1 nitrogen and oxygen atoms in total. The van der Waals surface area contributed by atoms with Crippen LogP contribution in [-0.4, -0.2) is 4.98 Å². The molecule has 1 aromatic heterocycles.